The molecule has 128 valence electrons. The Balaban J connectivity index is 2.05. The summed E-state index contributed by atoms with van der Waals surface area (Å²) < 4.78 is 11.6. The highest BCUT2D eigenvalue weighted by molar-refractivity contribution is 5.78. The normalized spacial score (nSPS) is 10.5. The molecule has 0 amide bonds. The van der Waals surface area contributed by atoms with Crippen LogP contribution in [0.1, 0.15) is 16.8 Å². The van der Waals surface area contributed by atoms with Crippen molar-refractivity contribution in [3.05, 3.63) is 77.6 Å². The summed E-state index contributed by atoms with van der Waals surface area (Å²) in [4.78, 5) is 4.37. The Bertz CT molecular complexity index is 830. The van der Waals surface area contributed by atoms with Crippen LogP contribution in [0.4, 0.5) is 0 Å². The maximum absolute atomic E-state index is 9.76. The molecule has 1 aromatic heterocycles. The van der Waals surface area contributed by atoms with Crippen LogP contribution in [0.3, 0.4) is 0 Å². The molecular formula is C21H21NO3. The highest BCUT2D eigenvalue weighted by Crippen LogP contribution is 2.41. The largest absolute Gasteiger partial charge is 0.496 e. The van der Waals surface area contributed by atoms with E-state index in [9.17, 15) is 5.11 Å². The summed E-state index contributed by atoms with van der Waals surface area (Å²) in [7, 11) is 1.63. The predicted octanol–water partition coefficient (Wildman–Crippen LogP) is 4.14. The first-order chi connectivity index (χ1) is 12.2. The van der Waals surface area contributed by atoms with Gasteiger partial charge in [0.1, 0.15) is 18.1 Å². The van der Waals surface area contributed by atoms with Gasteiger partial charge < -0.3 is 14.6 Å². The van der Waals surface area contributed by atoms with E-state index in [1.54, 1.807) is 13.3 Å². The molecule has 2 aromatic carbocycles. The number of aliphatic hydroxyl groups is 1. The number of rotatable bonds is 6. The van der Waals surface area contributed by atoms with Crippen molar-refractivity contribution >= 4 is 0 Å². The second-order valence-corrected chi connectivity index (χ2v) is 5.75. The number of aromatic nitrogens is 1. The molecule has 0 aliphatic carbocycles. The van der Waals surface area contributed by atoms with Gasteiger partial charge in [-0.1, -0.05) is 36.4 Å². The van der Waals surface area contributed by atoms with Crippen molar-refractivity contribution in [2.75, 3.05) is 7.11 Å². The molecule has 0 radical (unpaired) electrons. The first-order valence-corrected chi connectivity index (χ1v) is 8.13. The molecular weight excluding hydrogens is 314 g/mol. The lowest BCUT2D eigenvalue weighted by Crippen LogP contribution is -2.02. The zero-order chi connectivity index (χ0) is 17.6. The highest BCUT2D eigenvalue weighted by atomic mass is 16.5. The van der Waals surface area contributed by atoms with Gasteiger partial charge in [0.25, 0.3) is 0 Å². The van der Waals surface area contributed by atoms with Gasteiger partial charge in [-0.15, -0.1) is 0 Å². The molecule has 4 heteroatoms. The predicted molar refractivity (Wildman–Crippen MR) is 97.7 cm³/mol. The molecule has 1 N–H and O–H groups in total. The summed E-state index contributed by atoms with van der Waals surface area (Å²) in [6.07, 6.45) is 1.80. The van der Waals surface area contributed by atoms with Crippen molar-refractivity contribution in [3.8, 4) is 22.6 Å². The number of hydrogen-bond donors (Lipinski definition) is 1. The molecule has 0 spiro atoms. The quantitative estimate of drug-likeness (QED) is 0.736. The summed E-state index contributed by atoms with van der Waals surface area (Å²) in [6, 6.07) is 17.5. The molecule has 0 aliphatic rings. The van der Waals surface area contributed by atoms with Crippen molar-refractivity contribution < 1.29 is 14.6 Å². The Morgan fingerprint density at radius 3 is 2.44 bits per heavy atom. The molecule has 0 saturated carbocycles. The second-order valence-electron chi connectivity index (χ2n) is 5.75. The van der Waals surface area contributed by atoms with E-state index in [0.717, 1.165) is 22.4 Å². The Morgan fingerprint density at radius 2 is 1.80 bits per heavy atom. The number of aryl methyl sites for hydroxylation is 1. The molecule has 0 fully saturated rings. The van der Waals surface area contributed by atoms with Gasteiger partial charge in [-0.05, 0) is 30.7 Å². The van der Waals surface area contributed by atoms with Crippen molar-refractivity contribution in [2.45, 2.75) is 20.1 Å². The van der Waals surface area contributed by atoms with Crippen LogP contribution in [0.25, 0.3) is 11.1 Å². The molecule has 1 heterocycles. The smallest absolute Gasteiger partial charge is 0.136 e. The maximum Gasteiger partial charge on any atom is 0.136 e. The van der Waals surface area contributed by atoms with Crippen LogP contribution in [0.2, 0.25) is 0 Å². The van der Waals surface area contributed by atoms with Gasteiger partial charge in [-0.2, -0.15) is 0 Å². The first-order valence-electron chi connectivity index (χ1n) is 8.13. The number of aliphatic hydroxyl groups excluding tert-OH is 1. The summed E-state index contributed by atoms with van der Waals surface area (Å²) in [5, 5.41) is 9.76. The first kappa shape index (κ1) is 17.0. The third-order valence-corrected chi connectivity index (χ3v) is 4.02. The number of ether oxygens (including phenoxy) is 2. The van der Waals surface area contributed by atoms with Crippen LogP contribution in [-0.2, 0) is 13.2 Å². The van der Waals surface area contributed by atoms with Crippen LogP contribution in [-0.4, -0.2) is 17.2 Å². The highest BCUT2D eigenvalue weighted by Gasteiger charge is 2.17. The van der Waals surface area contributed by atoms with Crippen LogP contribution >= 0.6 is 0 Å². The Morgan fingerprint density at radius 1 is 1.00 bits per heavy atom. The lowest BCUT2D eigenvalue weighted by atomic mass is 10.0. The average molecular weight is 335 g/mol. The Labute approximate surface area is 147 Å². The van der Waals surface area contributed by atoms with Crippen molar-refractivity contribution in [1.29, 1.82) is 0 Å². The minimum atomic E-state index is -0.111. The average Bonchev–Trinajstić information content (AvgIpc) is 2.67. The van der Waals surface area contributed by atoms with Gasteiger partial charge in [0.05, 0.1) is 19.3 Å². The van der Waals surface area contributed by atoms with Crippen LogP contribution < -0.4 is 9.47 Å². The molecule has 0 saturated heterocycles. The zero-order valence-electron chi connectivity index (χ0n) is 14.4. The van der Waals surface area contributed by atoms with Gasteiger partial charge in [0.15, 0.2) is 0 Å². The summed E-state index contributed by atoms with van der Waals surface area (Å²) in [5.41, 5.74) is 4.40. The summed E-state index contributed by atoms with van der Waals surface area (Å²) in [5.74, 6) is 1.31. The van der Waals surface area contributed by atoms with Crippen LogP contribution in [0.15, 0.2) is 60.8 Å². The van der Waals surface area contributed by atoms with E-state index < -0.39 is 0 Å². The number of nitrogens with zero attached hydrogens (tertiary/aromatic N) is 1. The Kier molecular flexibility index (Phi) is 5.31. The summed E-state index contributed by atoms with van der Waals surface area (Å²) in [6.45, 7) is 2.24. The van der Waals surface area contributed by atoms with Crippen molar-refractivity contribution in [3.63, 3.8) is 0 Å². The van der Waals surface area contributed by atoms with Gasteiger partial charge in [-0.25, -0.2) is 0 Å². The SMILES string of the molecule is COc1ccc(CO)c(OCc2ccccc2)c1-c1ccc(C)nc1. The van der Waals surface area contributed by atoms with Gasteiger partial charge in [0.2, 0.25) is 0 Å². The standard InChI is InChI=1S/C21H21NO3/c1-15-8-9-17(12-22-15)20-19(24-2)11-10-18(13-23)21(20)25-14-16-6-4-3-5-7-16/h3-12,23H,13-14H2,1-2H3. The van der Waals surface area contributed by atoms with Gasteiger partial charge in [-0.3, -0.25) is 4.98 Å². The van der Waals surface area contributed by atoms with E-state index in [1.807, 2.05) is 61.5 Å². The number of methoxy groups -OCH3 is 1. The van der Waals surface area contributed by atoms with E-state index in [0.29, 0.717) is 23.7 Å². The maximum atomic E-state index is 9.76. The molecule has 3 aromatic rings. The minimum absolute atomic E-state index is 0.111. The molecule has 3 rings (SSSR count). The van der Waals surface area contributed by atoms with E-state index in [-0.39, 0.29) is 6.61 Å². The number of benzene rings is 2. The minimum Gasteiger partial charge on any atom is -0.496 e. The number of pyridine rings is 1. The third kappa shape index (κ3) is 3.80. The molecule has 0 unspecified atom stereocenters. The number of hydrogen-bond acceptors (Lipinski definition) is 4. The topological polar surface area (TPSA) is 51.6 Å². The summed E-state index contributed by atoms with van der Waals surface area (Å²) >= 11 is 0. The third-order valence-electron chi connectivity index (χ3n) is 4.02. The molecule has 0 aliphatic heterocycles. The van der Waals surface area contributed by atoms with Gasteiger partial charge >= 0.3 is 0 Å². The van der Waals surface area contributed by atoms with Crippen molar-refractivity contribution in [1.82, 2.24) is 4.98 Å². The van der Waals surface area contributed by atoms with Gasteiger partial charge in [0, 0.05) is 23.0 Å². The molecule has 0 bridgehead atoms. The lowest BCUT2D eigenvalue weighted by Gasteiger charge is -2.18. The monoisotopic (exact) mass is 335 g/mol. The van der Waals surface area contributed by atoms with E-state index >= 15 is 0 Å². The lowest BCUT2D eigenvalue weighted by molar-refractivity contribution is 0.258. The second kappa shape index (κ2) is 7.81. The molecule has 25 heavy (non-hydrogen) atoms. The van der Waals surface area contributed by atoms with E-state index in [4.69, 9.17) is 9.47 Å². The fourth-order valence-electron chi connectivity index (χ4n) is 2.69. The Hall–Kier alpha value is -2.85. The molecule has 4 nitrogen and oxygen atoms in total. The zero-order valence-corrected chi connectivity index (χ0v) is 14.4. The fourth-order valence-corrected chi connectivity index (χ4v) is 2.69. The molecule has 0 atom stereocenters. The van der Waals surface area contributed by atoms with Crippen molar-refractivity contribution in [2.24, 2.45) is 0 Å². The fraction of sp³-hybridized carbons (Fsp3) is 0.190. The van der Waals surface area contributed by atoms with Crippen LogP contribution in [0.5, 0.6) is 11.5 Å². The van der Waals surface area contributed by atoms with E-state index in [1.165, 1.54) is 0 Å². The van der Waals surface area contributed by atoms with E-state index in [2.05, 4.69) is 4.98 Å². The van der Waals surface area contributed by atoms with Crippen LogP contribution in [0, 0.1) is 6.92 Å².